The Morgan fingerprint density at radius 3 is 2.53 bits per heavy atom. The van der Waals surface area contributed by atoms with Gasteiger partial charge in [-0.05, 0) is 62.9 Å². The summed E-state index contributed by atoms with van der Waals surface area (Å²) in [5, 5.41) is 7.00. The maximum Gasteiger partial charge on any atom is 0.0387 e. The van der Waals surface area contributed by atoms with Crippen molar-refractivity contribution in [3.05, 3.63) is 34.9 Å². The highest BCUT2D eigenvalue weighted by molar-refractivity contribution is 5.37. The molecular weight excluding hydrogens is 232 g/mol. The van der Waals surface area contributed by atoms with Crippen molar-refractivity contribution in [2.45, 2.75) is 44.6 Å². The van der Waals surface area contributed by atoms with Crippen LogP contribution in [0.2, 0.25) is 0 Å². The summed E-state index contributed by atoms with van der Waals surface area (Å²) in [4.78, 5) is 0. The van der Waals surface area contributed by atoms with Crippen LogP contribution in [-0.4, -0.2) is 20.6 Å². The molecule has 3 rings (SSSR count). The van der Waals surface area contributed by atoms with Crippen molar-refractivity contribution < 1.29 is 0 Å². The molecule has 2 nitrogen and oxygen atoms in total. The quantitative estimate of drug-likeness (QED) is 0.848. The van der Waals surface area contributed by atoms with E-state index in [-0.39, 0.29) is 0 Å². The Balaban J connectivity index is 1.89. The molecule has 0 aliphatic heterocycles. The van der Waals surface area contributed by atoms with Gasteiger partial charge in [0.2, 0.25) is 0 Å². The lowest BCUT2D eigenvalue weighted by Crippen LogP contribution is -2.48. The SMILES string of the molecule is CNCC1(C(NC)c2ccc3c(c2)CCC3)CCC1. The van der Waals surface area contributed by atoms with Gasteiger partial charge in [-0.3, -0.25) is 0 Å². The van der Waals surface area contributed by atoms with E-state index in [1.807, 2.05) is 0 Å². The number of fused-ring (bicyclic) bond motifs is 1. The molecular formula is C17H26N2. The third-order valence-corrected chi connectivity index (χ3v) is 5.24. The van der Waals surface area contributed by atoms with E-state index in [0.717, 1.165) is 6.54 Å². The average molecular weight is 258 g/mol. The fourth-order valence-electron chi connectivity index (χ4n) is 4.15. The summed E-state index contributed by atoms with van der Waals surface area (Å²) in [5.41, 5.74) is 5.10. The molecule has 0 radical (unpaired) electrons. The highest BCUT2D eigenvalue weighted by Crippen LogP contribution is 2.50. The molecule has 0 bridgehead atoms. The van der Waals surface area contributed by atoms with Crippen LogP contribution >= 0.6 is 0 Å². The molecule has 2 heteroatoms. The molecule has 19 heavy (non-hydrogen) atoms. The monoisotopic (exact) mass is 258 g/mol. The first-order valence-electron chi connectivity index (χ1n) is 7.73. The maximum atomic E-state index is 3.60. The second-order valence-electron chi connectivity index (χ2n) is 6.35. The normalized spacial score (nSPS) is 21.8. The second-order valence-corrected chi connectivity index (χ2v) is 6.35. The third-order valence-electron chi connectivity index (χ3n) is 5.24. The van der Waals surface area contributed by atoms with Crippen molar-refractivity contribution in [3.8, 4) is 0 Å². The fourth-order valence-corrected chi connectivity index (χ4v) is 4.15. The molecule has 1 unspecified atom stereocenters. The van der Waals surface area contributed by atoms with E-state index in [2.05, 4.69) is 42.9 Å². The topological polar surface area (TPSA) is 24.1 Å². The Bertz CT molecular complexity index is 449. The molecule has 1 aromatic rings. The summed E-state index contributed by atoms with van der Waals surface area (Å²) in [6.07, 6.45) is 7.96. The van der Waals surface area contributed by atoms with Gasteiger partial charge in [0.1, 0.15) is 0 Å². The van der Waals surface area contributed by atoms with Crippen LogP contribution in [0, 0.1) is 5.41 Å². The number of aryl methyl sites for hydroxylation is 2. The van der Waals surface area contributed by atoms with Crippen molar-refractivity contribution >= 4 is 0 Å². The van der Waals surface area contributed by atoms with E-state index < -0.39 is 0 Å². The van der Waals surface area contributed by atoms with Crippen LogP contribution in [0.4, 0.5) is 0 Å². The van der Waals surface area contributed by atoms with Crippen LogP contribution in [0.5, 0.6) is 0 Å². The zero-order chi connectivity index (χ0) is 13.3. The van der Waals surface area contributed by atoms with Gasteiger partial charge in [0.25, 0.3) is 0 Å². The lowest BCUT2D eigenvalue weighted by Gasteiger charge is -2.48. The van der Waals surface area contributed by atoms with E-state index >= 15 is 0 Å². The predicted molar refractivity (Wildman–Crippen MR) is 80.5 cm³/mol. The average Bonchev–Trinajstić information content (AvgIpc) is 2.84. The Kier molecular flexibility index (Phi) is 3.64. The minimum Gasteiger partial charge on any atom is -0.319 e. The van der Waals surface area contributed by atoms with E-state index in [1.165, 1.54) is 44.1 Å². The molecule has 0 heterocycles. The summed E-state index contributed by atoms with van der Waals surface area (Å²) in [7, 11) is 4.20. The Morgan fingerprint density at radius 2 is 1.89 bits per heavy atom. The summed E-state index contributed by atoms with van der Waals surface area (Å²) < 4.78 is 0. The molecule has 104 valence electrons. The number of nitrogens with one attached hydrogen (secondary N) is 2. The van der Waals surface area contributed by atoms with Gasteiger partial charge in [0.15, 0.2) is 0 Å². The number of hydrogen-bond donors (Lipinski definition) is 2. The fraction of sp³-hybridized carbons (Fsp3) is 0.647. The van der Waals surface area contributed by atoms with E-state index in [4.69, 9.17) is 0 Å². The van der Waals surface area contributed by atoms with Gasteiger partial charge in [0, 0.05) is 18.0 Å². The third kappa shape index (κ3) is 2.21. The van der Waals surface area contributed by atoms with Crippen LogP contribution < -0.4 is 10.6 Å². The first-order chi connectivity index (χ1) is 9.29. The van der Waals surface area contributed by atoms with Gasteiger partial charge in [0.05, 0.1) is 0 Å². The standard InChI is InChI=1S/C17H26N2/c1-18-12-17(9-4-10-17)16(19-2)15-8-7-13-5-3-6-14(13)11-15/h7-8,11,16,18-19H,3-6,9-10,12H2,1-2H3. The molecule has 0 spiro atoms. The van der Waals surface area contributed by atoms with Gasteiger partial charge in [-0.2, -0.15) is 0 Å². The zero-order valence-electron chi connectivity index (χ0n) is 12.3. The minimum atomic E-state index is 0.427. The smallest absolute Gasteiger partial charge is 0.0387 e. The van der Waals surface area contributed by atoms with Gasteiger partial charge in [-0.1, -0.05) is 24.6 Å². The highest BCUT2D eigenvalue weighted by Gasteiger charge is 2.43. The largest absolute Gasteiger partial charge is 0.319 e. The summed E-state index contributed by atoms with van der Waals surface area (Å²) in [6, 6.07) is 7.70. The minimum absolute atomic E-state index is 0.427. The first kappa shape index (κ1) is 13.1. The Labute approximate surface area is 117 Å². The maximum absolute atomic E-state index is 3.60. The molecule has 1 fully saturated rings. The van der Waals surface area contributed by atoms with Crippen molar-refractivity contribution in [1.82, 2.24) is 10.6 Å². The van der Waals surface area contributed by atoms with Crippen LogP contribution in [0.25, 0.3) is 0 Å². The summed E-state index contributed by atoms with van der Waals surface area (Å²) >= 11 is 0. The number of hydrogen-bond acceptors (Lipinski definition) is 2. The number of rotatable bonds is 5. The molecule has 2 aliphatic carbocycles. The van der Waals surface area contributed by atoms with E-state index in [9.17, 15) is 0 Å². The van der Waals surface area contributed by atoms with Crippen molar-refractivity contribution in [2.75, 3.05) is 20.6 Å². The van der Waals surface area contributed by atoms with Gasteiger partial charge < -0.3 is 10.6 Å². The van der Waals surface area contributed by atoms with Crippen LogP contribution in [0.1, 0.15) is 48.4 Å². The van der Waals surface area contributed by atoms with Crippen molar-refractivity contribution in [3.63, 3.8) is 0 Å². The molecule has 1 saturated carbocycles. The summed E-state index contributed by atoms with van der Waals surface area (Å²) in [5.74, 6) is 0. The lowest BCUT2D eigenvalue weighted by atomic mass is 9.62. The van der Waals surface area contributed by atoms with Crippen LogP contribution in [0.15, 0.2) is 18.2 Å². The Morgan fingerprint density at radius 1 is 1.11 bits per heavy atom. The lowest BCUT2D eigenvalue weighted by molar-refractivity contribution is 0.0788. The Hall–Kier alpha value is -0.860. The predicted octanol–water partition coefficient (Wildman–Crippen LogP) is 2.83. The number of benzene rings is 1. The highest BCUT2D eigenvalue weighted by atomic mass is 14.9. The second kappa shape index (κ2) is 5.26. The van der Waals surface area contributed by atoms with Crippen molar-refractivity contribution in [2.24, 2.45) is 5.41 Å². The van der Waals surface area contributed by atoms with Crippen LogP contribution in [0.3, 0.4) is 0 Å². The van der Waals surface area contributed by atoms with Gasteiger partial charge in [-0.15, -0.1) is 0 Å². The first-order valence-corrected chi connectivity index (χ1v) is 7.73. The molecule has 1 atom stereocenters. The molecule has 2 N–H and O–H groups in total. The van der Waals surface area contributed by atoms with Gasteiger partial charge in [-0.25, -0.2) is 0 Å². The molecule has 2 aliphatic rings. The molecule has 0 aromatic heterocycles. The molecule has 0 amide bonds. The molecule has 0 saturated heterocycles. The summed E-state index contributed by atoms with van der Waals surface area (Å²) in [6.45, 7) is 1.12. The van der Waals surface area contributed by atoms with E-state index in [1.54, 1.807) is 11.1 Å². The van der Waals surface area contributed by atoms with Crippen molar-refractivity contribution in [1.29, 1.82) is 0 Å². The zero-order valence-corrected chi connectivity index (χ0v) is 12.3. The van der Waals surface area contributed by atoms with E-state index in [0.29, 0.717) is 11.5 Å². The van der Waals surface area contributed by atoms with Gasteiger partial charge >= 0.3 is 0 Å². The van der Waals surface area contributed by atoms with Crippen LogP contribution in [-0.2, 0) is 12.8 Å². The molecule has 1 aromatic carbocycles.